The third-order valence-electron chi connectivity index (χ3n) is 13.3. The van der Waals surface area contributed by atoms with Crippen LogP contribution in [0.1, 0.15) is 83.2 Å². The van der Waals surface area contributed by atoms with Gasteiger partial charge in [-0.05, 0) is 66.0 Å². The predicted molar refractivity (Wildman–Crippen MR) is 262 cm³/mol. The van der Waals surface area contributed by atoms with Crippen LogP contribution in [0.15, 0.2) is 61.1 Å². The molecule has 2 aromatic carbocycles. The Bertz CT molecular complexity index is 2660. The van der Waals surface area contributed by atoms with Crippen molar-refractivity contribution in [2.45, 2.75) is 116 Å². The number of anilines is 1. The molecule has 4 aromatic rings. The number of benzene rings is 2. The Labute approximate surface area is 426 Å². The van der Waals surface area contributed by atoms with Crippen LogP contribution in [0, 0.1) is 34.3 Å². The summed E-state index contributed by atoms with van der Waals surface area (Å²) in [5.74, 6) is 2.88. The van der Waals surface area contributed by atoms with Crippen LogP contribution in [0.3, 0.4) is 0 Å². The molecule has 7 rings (SSSR count). The smallest absolute Gasteiger partial charge is 0.407 e. The fourth-order valence-electron chi connectivity index (χ4n) is 9.38. The second-order valence-electron chi connectivity index (χ2n) is 21.0. The number of amides is 4. The maximum Gasteiger partial charge on any atom is 0.407 e. The molecule has 6 N–H and O–H groups in total. The molecule has 74 heavy (non-hydrogen) atoms. The summed E-state index contributed by atoms with van der Waals surface area (Å²) in [6, 6.07) is 7.38. The molecule has 0 aliphatic carbocycles. The molecule has 3 aliphatic rings. The third-order valence-corrected chi connectivity index (χ3v) is 13.3. The fourth-order valence-corrected chi connectivity index (χ4v) is 9.38. The van der Waals surface area contributed by atoms with Crippen molar-refractivity contribution in [3.63, 3.8) is 0 Å². The number of ether oxygens (including phenoxy) is 2. The second kappa shape index (κ2) is 23.1. The number of halogens is 4. The summed E-state index contributed by atoms with van der Waals surface area (Å²) in [6.07, 6.45) is 2.46. The summed E-state index contributed by atoms with van der Waals surface area (Å²) in [7, 11) is 1.13. The minimum atomic E-state index is -3.00. The highest BCUT2D eigenvalue weighted by atomic mass is 19.3. The Balaban J connectivity index is 1.12. The normalized spacial score (nSPS) is 18.6. The number of aliphatic hydroxyl groups excluding tert-OH is 1. The Morgan fingerprint density at radius 2 is 1.45 bits per heavy atom. The van der Waals surface area contributed by atoms with Crippen LogP contribution in [0.4, 0.5) is 33.1 Å². The molecule has 2 aromatic heterocycles. The molecule has 3 fully saturated rings. The molecule has 4 amide bonds. The van der Waals surface area contributed by atoms with E-state index in [0.29, 0.717) is 45.4 Å². The van der Waals surface area contributed by atoms with E-state index in [0.717, 1.165) is 75.7 Å². The zero-order valence-corrected chi connectivity index (χ0v) is 42.2. The van der Waals surface area contributed by atoms with Crippen molar-refractivity contribution in [1.29, 1.82) is 0 Å². The first-order valence-electron chi connectivity index (χ1n) is 24.2. The van der Waals surface area contributed by atoms with E-state index in [-0.39, 0.29) is 17.7 Å². The van der Waals surface area contributed by atoms with Gasteiger partial charge in [0.2, 0.25) is 11.9 Å². The lowest BCUT2D eigenvalue weighted by atomic mass is 9.85. The molecule has 3 saturated heterocycles. The van der Waals surface area contributed by atoms with E-state index in [1.54, 1.807) is 78.2 Å². The lowest BCUT2D eigenvalue weighted by Gasteiger charge is -2.47. The molecule has 19 nitrogen and oxygen atoms in total. The van der Waals surface area contributed by atoms with E-state index in [4.69, 9.17) is 9.47 Å². The number of alkyl carbamates (subject to hydrolysis) is 1. The Kier molecular flexibility index (Phi) is 17.2. The summed E-state index contributed by atoms with van der Waals surface area (Å²) in [5.41, 5.74) is 1.46. The number of carboxylic acid groups (broad SMARTS) is 1. The van der Waals surface area contributed by atoms with Gasteiger partial charge in [0.05, 0.1) is 49.8 Å². The molecule has 0 radical (unpaired) electrons. The SMILES string of the molecule is COC(=O)NC(C(=O)NC(Cc1ccc(C#Cc2cnc(N3CC4CCC(C3)N4C3COC3)nc2)cc1)C(O)CN(Cc1c(F)cc(-c2ccn(C(F)F)n2)cc1F)NC(=O)C(NC(=O)O)C(C)(C)C)C(C)(C)C. The van der Waals surface area contributed by atoms with Crippen LogP contribution in [0.5, 0.6) is 0 Å². The van der Waals surface area contributed by atoms with Crippen LogP contribution in [-0.4, -0.2) is 146 Å². The lowest BCUT2D eigenvalue weighted by molar-refractivity contribution is -0.132. The highest BCUT2D eigenvalue weighted by molar-refractivity contribution is 5.87. The number of carbonyl (C=O) groups excluding carboxylic acids is 3. The highest BCUT2D eigenvalue weighted by Gasteiger charge is 2.46. The summed E-state index contributed by atoms with van der Waals surface area (Å²) in [6.45, 7) is 8.73. The van der Waals surface area contributed by atoms with Gasteiger partial charge in [0.15, 0.2) is 0 Å². The first-order chi connectivity index (χ1) is 35.0. The molecule has 6 atom stereocenters. The molecule has 5 heterocycles. The summed E-state index contributed by atoms with van der Waals surface area (Å²) < 4.78 is 69.0. The van der Waals surface area contributed by atoms with Gasteiger partial charge in [0.1, 0.15) is 23.7 Å². The molecule has 6 unspecified atom stereocenters. The van der Waals surface area contributed by atoms with Gasteiger partial charge in [-0.25, -0.2) is 38.0 Å². The number of nitrogens with zero attached hydrogens (tertiary/aromatic N) is 7. The standard InChI is InChI=1S/C51H63F4N11O8/c1-50(2,3)42(60-49(72)73-7)44(68)58-40(18-30-11-8-29(9-12-30)10-13-31-21-56-47(57-22-31)63-23-33-14-15-34(24-63)66(33)35-27-74-28-35)41(67)26-64(62-45(69)43(51(4,5)6)59-48(70)71)25-36-37(52)19-32(20-38(36)53)39-16-17-65(61-39)46(54)55/h8-9,11-12,16-17,19-22,33-35,40-43,46,59,67H,14-15,18,23-28H2,1-7H3,(H,58,68)(H,60,72)(H,62,69)(H,70,71). The average molecular weight is 1030 g/mol. The van der Waals surface area contributed by atoms with Gasteiger partial charge in [0.25, 0.3) is 5.91 Å². The van der Waals surface area contributed by atoms with Crippen molar-refractivity contribution in [2.24, 2.45) is 10.8 Å². The van der Waals surface area contributed by atoms with Gasteiger partial charge < -0.3 is 40.5 Å². The number of rotatable bonds is 17. The average Bonchev–Trinajstić information content (AvgIpc) is 3.91. The Morgan fingerprint density at radius 1 is 0.851 bits per heavy atom. The van der Waals surface area contributed by atoms with Gasteiger partial charge >= 0.3 is 18.7 Å². The van der Waals surface area contributed by atoms with Gasteiger partial charge in [-0.15, -0.1) is 0 Å². The number of piperazine rings is 1. The van der Waals surface area contributed by atoms with Crippen molar-refractivity contribution >= 4 is 29.9 Å². The number of aliphatic hydroxyl groups is 1. The van der Waals surface area contributed by atoms with Crippen LogP contribution < -0.4 is 26.3 Å². The topological polar surface area (TPSA) is 229 Å². The second-order valence-corrected chi connectivity index (χ2v) is 21.0. The number of methoxy groups -OCH3 is 1. The van der Waals surface area contributed by atoms with E-state index in [1.807, 2.05) is 0 Å². The summed E-state index contributed by atoms with van der Waals surface area (Å²) >= 11 is 0. The van der Waals surface area contributed by atoms with Gasteiger partial charge in [0, 0.05) is 73.5 Å². The monoisotopic (exact) mass is 1030 g/mol. The summed E-state index contributed by atoms with van der Waals surface area (Å²) in [5, 5.41) is 33.9. The zero-order chi connectivity index (χ0) is 53.6. The number of hydrazine groups is 1. The zero-order valence-electron chi connectivity index (χ0n) is 42.2. The van der Waals surface area contributed by atoms with Crippen molar-refractivity contribution in [3.8, 4) is 23.1 Å². The van der Waals surface area contributed by atoms with E-state index >= 15 is 8.78 Å². The number of hydrogen-bond acceptors (Lipinski definition) is 13. The number of alkyl halides is 2. The third kappa shape index (κ3) is 13.6. The molecule has 0 spiro atoms. The number of carbonyl (C=O) groups is 4. The van der Waals surface area contributed by atoms with Crippen LogP contribution in [0.2, 0.25) is 0 Å². The number of fused-ring (bicyclic) bond motifs is 2. The number of aromatic nitrogens is 4. The molecular formula is C51H63F4N11O8. The van der Waals surface area contributed by atoms with Crippen molar-refractivity contribution in [1.82, 2.24) is 51.0 Å². The maximum atomic E-state index is 16.0. The summed E-state index contributed by atoms with van der Waals surface area (Å²) in [4.78, 5) is 66.4. The van der Waals surface area contributed by atoms with Crippen molar-refractivity contribution in [3.05, 3.63) is 94.9 Å². The minimum Gasteiger partial charge on any atom is -0.465 e. The molecule has 23 heteroatoms. The Morgan fingerprint density at radius 3 is 1.97 bits per heavy atom. The van der Waals surface area contributed by atoms with Crippen molar-refractivity contribution < 1.29 is 56.4 Å². The molecule has 0 saturated carbocycles. The van der Waals surface area contributed by atoms with E-state index in [1.165, 1.54) is 0 Å². The Hall–Kier alpha value is -6.87. The molecule has 3 aliphatic heterocycles. The van der Waals surface area contributed by atoms with Crippen LogP contribution in [0.25, 0.3) is 11.3 Å². The highest BCUT2D eigenvalue weighted by Crippen LogP contribution is 2.35. The predicted octanol–water partition coefficient (Wildman–Crippen LogP) is 4.84. The van der Waals surface area contributed by atoms with Crippen LogP contribution >= 0.6 is 0 Å². The van der Waals surface area contributed by atoms with E-state index in [2.05, 4.69) is 58.1 Å². The maximum absolute atomic E-state index is 16.0. The van der Waals surface area contributed by atoms with Crippen molar-refractivity contribution in [2.75, 3.05) is 44.9 Å². The van der Waals surface area contributed by atoms with Gasteiger partial charge in [-0.3, -0.25) is 19.9 Å². The first-order valence-corrected chi connectivity index (χ1v) is 24.2. The largest absolute Gasteiger partial charge is 0.465 e. The minimum absolute atomic E-state index is 0.0644. The molecule has 2 bridgehead atoms. The van der Waals surface area contributed by atoms with Gasteiger partial charge in [-0.2, -0.15) is 13.9 Å². The number of hydrogen-bond donors (Lipinski definition) is 6. The van der Waals surface area contributed by atoms with E-state index < -0.39 is 95.9 Å². The lowest BCUT2D eigenvalue weighted by Crippen LogP contribution is -2.62. The van der Waals surface area contributed by atoms with E-state index in [9.17, 15) is 38.2 Å². The molecular weight excluding hydrogens is 971 g/mol. The van der Waals surface area contributed by atoms with Crippen LogP contribution in [-0.2, 0) is 32.0 Å². The fraction of sp³-hybridized carbons (Fsp3) is 0.510. The first kappa shape index (κ1) is 54.9. The van der Waals surface area contributed by atoms with Gasteiger partial charge in [-0.1, -0.05) is 65.5 Å². The quantitative estimate of drug-likeness (QED) is 0.0473. The molecule has 398 valence electrons. The number of nitrogens with one attached hydrogen (secondary N) is 4.